The molecule has 0 amide bonds. The fourth-order valence-corrected chi connectivity index (χ4v) is 4.18. The topological polar surface area (TPSA) is 116 Å². The molecule has 0 aliphatic carbocycles. The Kier molecular flexibility index (Phi) is 4.63. The number of fused-ring (bicyclic) bond motifs is 2. The summed E-state index contributed by atoms with van der Waals surface area (Å²) < 4.78 is 2.11. The van der Waals surface area contributed by atoms with Crippen molar-refractivity contribution in [3.05, 3.63) is 30.9 Å². The van der Waals surface area contributed by atoms with Gasteiger partial charge in [0.2, 0.25) is 5.95 Å². The van der Waals surface area contributed by atoms with Gasteiger partial charge in [0.1, 0.15) is 11.2 Å². The molecule has 1 aliphatic rings. The molecule has 9 nitrogen and oxygen atoms in total. The molecule has 3 N–H and O–H groups in total. The van der Waals surface area contributed by atoms with Crippen molar-refractivity contribution in [2.24, 2.45) is 5.41 Å². The quantitative estimate of drug-likeness (QED) is 0.463. The van der Waals surface area contributed by atoms with Crippen molar-refractivity contribution in [1.29, 1.82) is 0 Å². The Hall–Kier alpha value is -3.04. The van der Waals surface area contributed by atoms with Gasteiger partial charge in [-0.3, -0.25) is 0 Å². The van der Waals surface area contributed by atoms with E-state index < -0.39 is 5.41 Å². The normalized spacial score (nSPS) is 16.6. The van der Waals surface area contributed by atoms with Crippen LogP contribution in [0.5, 0.6) is 0 Å². The predicted molar refractivity (Wildman–Crippen MR) is 114 cm³/mol. The van der Waals surface area contributed by atoms with E-state index >= 15 is 0 Å². The molecular formula is C21H25N7O2. The molecule has 0 atom stereocenters. The number of hydrogen-bond acceptors (Lipinski definition) is 7. The van der Waals surface area contributed by atoms with E-state index in [0.29, 0.717) is 37.5 Å². The monoisotopic (exact) mass is 407 g/mol. The van der Waals surface area contributed by atoms with E-state index in [9.17, 15) is 10.2 Å². The number of aliphatic hydroxyl groups is 2. The first-order chi connectivity index (χ1) is 14.7. The van der Waals surface area contributed by atoms with Crippen molar-refractivity contribution < 1.29 is 10.2 Å². The molecule has 30 heavy (non-hydrogen) atoms. The van der Waals surface area contributed by atoms with Gasteiger partial charge in [0, 0.05) is 30.6 Å². The summed E-state index contributed by atoms with van der Waals surface area (Å²) in [4.78, 5) is 23.7. The van der Waals surface area contributed by atoms with E-state index in [-0.39, 0.29) is 13.2 Å². The average Bonchev–Trinajstić information content (AvgIpc) is 3.44. The second-order valence-electron chi connectivity index (χ2n) is 8.01. The van der Waals surface area contributed by atoms with Crippen molar-refractivity contribution in [3.63, 3.8) is 0 Å². The molecule has 3 aromatic heterocycles. The highest BCUT2D eigenvalue weighted by atomic mass is 16.3. The van der Waals surface area contributed by atoms with Crippen LogP contribution in [0.3, 0.4) is 0 Å². The van der Waals surface area contributed by atoms with Crippen LogP contribution in [0.1, 0.15) is 19.8 Å². The summed E-state index contributed by atoms with van der Waals surface area (Å²) in [5.74, 6) is 0.619. The summed E-state index contributed by atoms with van der Waals surface area (Å²) in [6.45, 7) is 4.31. The highest BCUT2D eigenvalue weighted by Gasteiger charge is 2.34. The Balaban J connectivity index is 1.54. The molecule has 0 radical (unpaired) electrons. The number of anilines is 1. The van der Waals surface area contributed by atoms with E-state index in [2.05, 4.69) is 48.5 Å². The first-order valence-corrected chi connectivity index (χ1v) is 10.3. The Labute approximate surface area is 173 Å². The number of hydrogen-bond donors (Lipinski definition) is 3. The maximum absolute atomic E-state index is 9.68. The zero-order valence-electron chi connectivity index (χ0n) is 16.9. The number of nitrogens with one attached hydrogen (secondary N) is 1. The van der Waals surface area contributed by atoms with Crippen molar-refractivity contribution in [2.75, 3.05) is 31.2 Å². The summed E-state index contributed by atoms with van der Waals surface area (Å²) in [5.41, 5.74) is 4.77. The molecule has 4 heterocycles. The van der Waals surface area contributed by atoms with Crippen LogP contribution in [-0.4, -0.2) is 66.0 Å². The Morgan fingerprint density at radius 3 is 2.63 bits per heavy atom. The van der Waals surface area contributed by atoms with Gasteiger partial charge in [0.15, 0.2) is 5.65 Å². The third kappa shape index (κ3) is 3.01. The number of aromatic nitrogens is 6. The van der Waals surface area contributed by atoms with Crippen LogP contribution in [0.4, 0.5) is 5.95 Å². The van der Waals surface area contributed by atoms with E-state index in [0.717, 1.165) is 34.4 Å². The number of rotatable bonds is 5. The maximum atomic E-state index is 9.68. The summed E-state index contributed by atoms with van der Waals surface area (Å²) in [6.07, 6.45) is 4.87. The summed E-state index contributed by atoms with van der Waals surface area (Å²) in [7, 11) is 0. The minimum atomic E-state index is -0.418. The largest absolute Gasteiger partial charge is 0.396 e. The molecule has 9 heteroatoms. The second-order valence-corrected chi connectivity index (χ2v) is 8.01. The van der Waals surface area contributed by atoms with Crippen LogP contribution in [0, 0.1) is 5.41 Å². The van der Waals surface area contributed by atoms with E-state index in [1.54, 1.807) is 6.33 Å². The lowest BCUT2D eigenvalue weighted by molar-refractivity contribution is 0.0338. The highest BCUT2D eigenvalue weighted by Crippen LogP contribution is 2.34. The lowest BCUT2D eigenvalue weighted by atomic mass is 9.80. The first kappa shape index (κ1) is 19.0. The zero-order valence-corrected chi connectivity index (χ0v) is 16.9. The number of benzene rings is 1. The van der Waals surface area contributed by atoms with Crippen molar-refractivity contribution in [3.8, 4) is 11.3 Å². The van der Waals surface area contributed by atoms with E-state index in [1.807, 2.05) is 12.4 Å². The fourth-order valence-electron chi connectivity index (χ4n) is 4.18. The van der Waals surface area contributed by atoms with Crippen LogP contribution in [0.25, 0.3) is 33.5 Å². The SMILES string of the molecule is CCn1cnc2cc(-c3nc(N4CCC(CO)(CO)CC4)nc4nc[nH]c34)ccc21. The third-order valence-electron chi connectivity index (χ3n) is 6.29. The standard InChI is InChI=1S/C21H25N7O2/c1-2-27-13-24-15-9-14(3-4-16(15)27)17-18-19(23-12-22-18)26-20(25-17)28-7-5-21(10-29,11-30)6-8-28/h3-4,9,12-13,29-30H,2,5-8,10-11H2,1H3,(H,22,23,25,26). The van der Waals surface area contributed by atoms with Gasteiger partial charge in [0.05, 0.1) is 36.9 Å². The van der Waals surface area contributed by atoms with Gasteiger partial charge in [-0.25, -0.2) is 15.0 Å². The Morgan fingerprint density at radius 2 is 1.90 bits per heavy atom. The molecule has 5 rings (SSSR count). The lowest BCUT2D eigenvalue weighted by Crippen LogP contribution is -2.44. The van der Waals surface area contributed by atoms with Crippen molar-refractivity contribution >= 4 is 28.1 Å². The molecule has 156 valence electrons. The molecule has 1 saturated heterocycles. The molecule has 1 aromatic carbocycles. The Bertz CT molecular complexity index is 1180. The number of aromatic amines is 1. The van der Waals surface area contributed by atoms with Crippen LogP contribution < -0.4 is 4.90 Å². The lowest BCUT2D eigenvalue weighted by Gasteiger charge is -2.39. The molecule has 1 fully saturated rings. The van der Waals surface area contributed by atoms with Gasteiger partial charge >= 0.3 is 0 Å². The number of aliphatic hydroxyl groups excluding tert-OH is 2. The fraction of sp³-hybridized carbons (Fsp3) is 0.429. The van der Waals surface area contributed by atoms with Crippen molar-refractivity contribution in [1.82, 2.24) is 29.5 Å². The summed E-state index contributed by atoms with van der Waals surface area (Å²) in [6, 6.07) is 6.18. The predicted octanol–water partition coefficient (Wildman–Crippen LogP) is 1.96. The van der Waals surface area contributed by atoms with Gasteiger partial charge in [-0.2, -0.15) is 4.98 Å². The van der Waals surface area contributed by atoms with E-state index in [1.165, 1.54) is 0 Å². The van der Waals surface area contributed by atoms with Gasteiger partial charge in [-0.15, -0.1) is 0 Å². The minimum Gasteiger partial charge on any atom is -0.396 e. The van der Waals surface area contributed by atoms with Gasteiger partial charge in [-0.05, 0) is 31.9 Å². The Morgan fingerprint density at radius 1 is 1.10 bits per heavy atom. The molecule has 0 bridgehead atoms. The van der Waals surface area contributed by atoms with Gasteiger partial charge < -0.3 is 24.7 Å². The number of piperidine rings is 1. The van der Waals surface area contributed by atoms with Gasteiger partial charge in [-0.1, -0.05) is 6.07 Å². The molecule has 0 saturated carbocycles. The summed E-state index contributed by atoms with van der Waals surface area (Å²) >= 11 is 0. The molecular weight excluding hydrogens is 382 g/mol. The second kappa shape index (κ2) is 7.33. The molecule has 0 unspecified atom stereocenters. The maximum Gasteiger partial charge on any atom is 0.228 e. The van der Waals surface area contributed by atoms with Crippen LogP contribution >= 0.6 is 0 Å². The number of aryl methyl sites for hydroxylation is 1. The van der Waals surface area contributed by atoms with Crippen molar-refractivity contribution in [2.45, 2.75) is 26.3 Å². The van der Waals surface area contributed by atoms with Crippen LogP contribution in [-0.2, 0) is 6.54 Å². The van der Waals surface area contributed by atoms with Crippen LogP contribution in [0.15, 0.2) is 30.9 Å². The number of imidazole rings is 2. The zero-order chi connectivity index (χ0) is 20.7. The smallest absolute Gasteiger partial charge is 0.228 e. The molecule has 0 spiro atoms. The number of H-pyrrole nitrogens is 1. The van der Waals surface area contributed by atoms with E-state index in [4.69, 9.17) is 4.98 Å². The molecule has 4 aromatic rings. The minimum absolute atomic E-state index is 0.00767. The highest BCUT2D eigenvalue weighted by molar-refractivity contribution is 5.91. The molecule has 1 aliphatic heterocycles. The average molecular weight is 407 g/mol. The van der Waals surface area contributed by atoms with Crippen LogP contribution in [0.2, 0.25) is 0 Å². The van der Waals surface area contributed by atoms with Gasteiger partial charge in [0.25, 0.3) is 0 Å². The first-order valence-electron chi connectivity index (χ1n) is 10.3. The number of nitrogens with zero attached hydrogens (tertiary/aromatic N) is 6. The summed E-state index contributed by atoms with van der Waals surface area (Å²) in [5, 5.41) is 19.4. The third-order valence-corrected chi connectivity index (χ3v) is 6.29.